The summed E-state index contributed by atoms with van der Waals surface area (Å²) >= 11 is 1.19. The zero-order valence-electron chi connectivity index (χ0n) is 10.3. The predicted molar refractivity (Wildman–Crippen MR) is 67.2 cm³/mol. The second-order valence-corrected chi connectivity index (χ2v) is 4.74. The first kappa shape index (κ1) is 14.5. The standard InChI is InChI=1S/C11H15N3O3S/c1-3-14-9(16)6-18-11(14)8(4-12)10(17)13-7(2)5-15/h7,15H,3,5-6H2,1-2H3,(H,13,17)/b11-8-. The number of aliphatic hydroxyl groups excluding tert-OH is 1. The minimum atomic E-state index is -0.560. The Kier molecular flexibility index (Phi) is 5.19. The van der Waals surface area contributed by atoms with Crippen LogP contribution in [0.2, 0.25) is 0 Å². The molecular formula is C11H15N3O3S. The highest BCUT2D eigenvalue weighted by atomic mass is 32.2. The molecule has 1 aliphatic rings. The molecule has 1 saturated heterocycles. The van der Waals surface area contributed by atoms with Crippen LogP contribution in [-0.4, -0.2) is 46.8 Å². The quantitative estimate of drug-likeness (QED) is 0.545. The molecule has 1 aliphatic heterocycles. The van der Waals surface area contributed by atoms with Crippen LogP contribution in [0.25, 0.3) is 0 Å². The zero-order valence-corrected chi connectivity index (χ0v) is 11.1. The molecule has 2 amide bonds. The van der Waals surface area contributed by atoms with Gasteiger partial charge in [0.05, 0.1) is 12.4 Å². The minimum Gasteiger partial charge on any atom is -0.394 e. The van der Waals surface area contributed by atoms with Gasteiger partial charge in [0.25, 0.3) is 5.91 Å². The van der Waals surface area contributed by atoms with E-state index in [-0.39, 0.29) is 23.8 Å². The molecule has 1 rings (SSSR count). The Bertz CT molecular complexity index is 428. The van der Waals surface area contributed by atoms with Crippen molar-refractivity contribution in [3.63, 3.8) is 0 Å². The Morgan fingerprint density at radius 1 is 1.72 bits per heavy atom. The molecule has 1 heterocycles. The average molecular weight is 269 g/mol. The maximum absolute atomic E-state index is 11.8. The number of nitriles is 1. The van der Waals surface area contributed by atoms with Gasteiger partial charge in [-0.3, -0.25) is 9.59 Å². The molecule has 1 atom stereocenters. The lowest BCUT2D eigenvalue weighted by atomic mass is 10.2. The van der Waals surface area contributed by atoms with Gasteiger partial charge < -0.3 is 15.3 Å². The number of thioether (sulfide) groups is 1. The van der Waals surface area contributed by atoms with Crippen LogP contribution in [0.4, 0.5) is 0 Å². The molecule has 1 fully saturated rings. The fourth-order valence-corrected chi connectivity index (χ4v) is 2.55. The first-order valence-electron chi connectivity index (χ1n) is 5.54. The van der Waals surface area contributed by atoms with Crippen LogP contribution in [0.15, 0.2) is 10.6 Å². The molecule has 0 saturated carbocycles. The molecule has 0 aromatic rings. The van der Waals surface area contributed by atoms with Gasteiger partial charge in [0.15, 0.2) is 0 Å². The van der Waals surface area contributed by atoms with Gasteiger partial charge in [0.1, 0.15) is 16.7 Å². The van der Waals surface area contributed by atoms with Gasteiger partial charge >= 0.3 is 0 Å². The van der Waals surface area contributed by atoms with Crippen molar-refractivity contribution >= 4 is 23.6 Å². The molecular weight excluding hydrogens is 254 g/mol. The normalized spacial score (nSPS) is 19.4. The third kappa shape index (κ3) is 3.03. The lowest BCUT2D eigenvalue weighted by molar-refractivity contribution is -0.125. The number of carbonyl (C=O) groups is 2. The monoisotopic (exact) mass is 269 g/mol. The van der Waals surface area contributed by atoms with Crippen molar-refractivity contribution in [3.8, 4) is 6.07 Å². The summed E-state index contributed by atoms with van der Waals surface area (Å²) in [6.07, 6.45) is 0. The fourth-order valence-electron chi connectivity index (χ4n) is 1.46. The predicted octanol–water partition coefficient (Wildman–Crippen LogP) is -0.186. The third-order valence-corrected chi connectivity index (χ3v) is 3.49. The van der Waals surface area contributed by atoms with Crippen molar-refractivity contribution in [2.75, 3.05) is 18.9 Å². The Morgan fingerprint density at radius 2 is 2.39 bits per heavy atom. The van der Waals surface area contributed by atoms with Gasteiger partial charge in [-0.2, -0.15) is 5.26 Å². The first-order chi connectivity index (χ1) is 8.54. The number of hydrogen-bond acceptors (Lipinski definition) is 5. The molecule has 2 N–H and O–H groups in total. The summed E-state index contributed by atoms with van der Waals surface area (Å²) in [6.45, 7) is 3.63. The van der Waals surface area contributed by atoms with Gasteiger partial charge in [-0.25, -0.2) is 0 Å². The molecule has 98 valence electrons. The minimum absolute atomic E-state index is 0.0759. The van der Waals surface area contributed by atoms with Gasteiger partial charge in [-0.1, -0.05) is 11.8 Å². The molecule has 6 nitrogen and oxygen atoms in total. The number of carbonyl (C=O) groups excluding carboxylic acids is 2. The van der Waals surface area contributed by atoms with E-state index in [2.05, 4.69) is 5.32 Å². The second kappa shape index (κ2) is 6.42. The molecule has 0 bridgehead atoms. The van der Waals surface area contributed by atoms with Crippen molar-refractivity contribution in [2.24, 2.45) is 0 Å². The highest BCUT2D eigenvalue weighted by molar-refractivity contribution is 8.04. The largest absolute Gasteiger partial charge is 0.394 e. The van der Waals surface area contributed by atoms with Crippen LogP contribution in [0, 0.1) is 11.3 Å². The van der Waals surface area contributed by atoms with E-state index in [1.165, 1.54) is 16.7 Å². The van der Waals surface area contributed by atoms with E-state index in [4.69, 9.17) is 10.4 Å². The Morgan fingerprint density at radius 3 is 2.89 bits per heavy atom. The van der Waals surface area contributed by atoms with E-state index in [1.54, 1.807) is 13.8 Å². The molecule has 0 aliphatic carbocycles. The van der Waals surface area contributed by atoms with Gasteiger partial charge in [0, 0.05) is 12.6 Å². The van der Waals surface area contributed by atoms with E-state index in [0.29, 0.717) is 11.6 Å². The molecule has 1 unspecified atom stereocenters. The lowest BCUT2D eigenvalue weighted by Gasteiger charge is -2.16. The SMILES string of the molecule is CCN1C(=O)CS/C1=C(/C#N)C(=O)NC(C)CO. The molecule has 18 heavy (non-hydrogen) atoms. The van der Waals surface area contributed by atoms with Crippen LogP contribution >= 0.6 is 11.8 Å². The number of hydrogen-bond donors (Lipinski definition) is 2. The van der Waals surface area contributed by atoms with E-state index in [1.807, 2.05) is 6.07 Å². The first-order valence-corrected chi connectivity index (χ1v) is 6.52. The number of nitrogens with one attached hydrogen (secondary N) is 1. The van der Waals surface area contributed by atoms with E-state index in [9.17, 15) is 9.59 Å². The highest BCUT2D eigenvalue weighted by Gasteiger charge is 2.30. The fraction of sp³-hybridized carbons (Fsp3) is 0.545. The van der Waals surface area contributed by atoms with Gasteiger partial charge in [-0.05, 0) is 13.8 Å². The molecule has 7 heteroatoms. The summed E-state index contributed by atoms with van der Waals surface area (Å²) in [7, 11) is 0. The topological polar surface area (TPSA) is 93.4 Å². The van der Waals surface area contributed by atoms with Gasteiger partial charge in [0.2, 0.25) is 5.91 Å². The van der Waals surface area contributed by atoms with Crippen molar-refractivity contribution in [1.82, 2.24) is 10.2 Å². The molecule has 0 aromatic carbocycles. The van der Waals surface area contributed by atoms with E-state index < -0.39 is 11.9 Å². The van der Waals surface area contributed by atoms with Crippen LogP contribution in [-0.2, 0) is 9.59 Å². The van der Waals surface area contributed by atoms with Gasteiger partial charge in [-0.15, -0.1) is 0 Å². The maximum Gasteiger partial charge on any atom is 0.264 e. The van der Waals surface area contributed by atoms with E-state index >= 15 is 0 Å². The third-order valence-electron chi connectivity index (χ3n) is 2.40. The van der Waals surface area contributed by atoms with Crippen LogP contribution in [0.3, 0.4) is 0 Å². The van der Waals surface area contributed by atoms with Crippen molar-refractivity contribution in [3.05, 3.63) is 10.6 Å². The number of aliphatic hydroxyl groups is 1. The summed E-state index contributed by atoms with van der Waals surface area (Å²) in [5.74, 6) is -0.417. The Labute approximate surface area is 110 Å². The van der Waals surface area contributed by atoms with Crippen LogP contribution in [0.5, 0.6) is 0 Å². The summed E-state index contributed by atoms with van der Waals surface area (Å²) in [5.41, 5.74) is -0.0759. The number of amides is 2. The summed E-state index contributed by atoms with van der Waals surface area (Å²) < 4.78 is 0. The number of rotatable bonds is 4. The average Bonchev–Trinajstić information content (AvgIpc) is 2.71. The summed E-state index contributed by atoms with van der Waals surface area (Å²) in [6, 6.07) is 1.40. The summed E-state index contributed by atoms with van der Waals surface area (Å²) in [5, 5.41) is 20.8. The summed E-state index contributed by atoms with van der Waals surface area (Å²) in [4.78, 5) is 24.8. The Balaban J connectivity index is 2.98. The van der Waals surface area contributed by atoms with Crippen LogP contribution in [0.1, 0.15) is 13.8 Å². The highest BCUT2D eigenvalue weighted by Crippen LogP contribution is 2.31. The Hall–Kier alpha value is -1.52. The molecule has 0 aromatic heterocycles. The van der Waals surface area contributed by atoms with Crippen molar-refractivity contribution < 1.29 is 14.7 Å². The maximum atomic E-state index is 11.8. The van der Waals surface area contributed by atoms with Crippen molar-refractivity contribution in [2.45, 2.75) is 19.9 Å². The lowest BCUT2D eigenvalue weighted by Crippen LogP contribution is -2.37. The van der Waals surface area contributed by atoms with E-state index in [0.717, 1.165) is 0 Å². The smallest absolute Gasteiger partial charge is 0.264 e. The van der Waals surface area contributed by atoms with Crippen LogP contribution < -0.4 is 5.32 Å². The van der Waals surface area contributed by atoms with Crippen molar-refractivity contribution in [1.29, 1.82) is 5.26 Å². The second-order valence-electron chi connectivity index (χ2n) is 3.78. The zero-order chi connectivity index (χ0) is 13.7. The molecule has 0 spiro atoms. The molecule has 0 radical (unpaired) electrons. The number of nitrogens with zero attached hydrogens (tertiary/aromatic N) is 2.